The van der Waals surface area contributed by atoms with Gasteiger partial charge in [0.1, 0.15) is 6.15 Å². The van der Waals surface area contributed by atoms with Crippen molar-refractivity contribution in [2.45, 2.75) is 141 Å². The van der Waals surface area contributed by atoms with E-state index >= 15 is 0 Å². The van der Waals surface area contributed by atoms with Crippen molar-refractivity contribution in [2.24, 2.45) is 9.98 Å². The van der Waals surface area contributed by atoms with Gasteiger partial charge in [0.15, 0.2) is 0 Å². The molecular weight excluding hydrogens is 1460 g/mol. The molecule has 2 aromatic heterocycles. The van der Waals surface area contributed by atoms with Crippen LogP contribution >= 0.6 is 0 Å². The van der Waals surface area contributed by atoms with Crippen molar-refractivity contribution in [3.05, 3.63) is 236 Å². The van der Waals surface area contributed by atoms with Gasteiger partial charge in [-0.3, -0.25) is 20.0 Å². The fourth-order valence-electron chi connectivity index (χ4n) is 11.1. The third-order valence-electron chi connectivity index (χ3n) is 16.0. The van der Waals surface area contributed by atoms with Gasteiger partial charge < -0.3 is 4.74 Å². The van der Waals surface area contributed by atoms with E-state index in [9.17, 15) is 105 Å². The van der Waals surface area contributed by atoms with E-state index in [0.29, 0.717) is 23.7 Å². The third-order valence-corrected chi connectivity index (χ3v) is 16.0. The molecule has 0 unspecified atom stereocenters. The quantitative estimate of drug-likeness (QED) is 0.0696. The Morgan fingerprint density at radius 1 is 0.320 bits per heavy atom. The van der Waals surface area contributed by atoms with Gasteiger partial charge in [-0.2, -0.15) is 127 Å². The molecule has 0 aliphatic carbocycles. The number of para-hydroxylation sites is 2. The molecule has 5 nitrogen and oxygen atoms in total. The number of nitrogens with zero attached hydrogens (tertiary/aromatic N) is 4. The van der Waals surface area contributed by atoms with Crippen LogP contribution in [0.25, 0.3) is 0 Å². The molecular formula is C72H64BCrF24N4O-. The molecule has 0 atom stereocenters. The van der Waals surface area contributed by atoms with E-state index in [2.05, 4.69) is 102 Å². The zero-order valence-electron chi connectivity index (χ0n) is 55.6. The Morgan fingerprint density at radius 2 is 0.534 bits per heavy atom. The molecule has 103 heavy (non-hydrogen) atoms. The van der Waals surface area contributed by atoms with Gasteiger partial charge in [-0.15, -0.1) is 0 Å². The molecule has 31 heteroatoms. The van der Waals surface area contributed by atoms with Gasteiger partial charge in [-0.1, -0.05) is 152 Å². The van der Waals surface area contributed by atoms with Gasteiger partial charge >= 0.3 is 49.4 Å². The molecule has 3 heterocycles. The number of hydrogen-bond donors (Lipinski definition) is 0. The summed E-state index contributed by atoms with van der Waals surface area (Å²) >= 11 is 0. The minimum absolute atomic E-state index is 0. The second-order valence-electron chi connectivity index (χ2n) is 24.8. The first-order valence-electron chi connectivity index (χ1n) is 31.0. The summed E-state index contributed by atoms with van der Waals surface area (Å²) in [5.41, 5.74) is -21.0. The van der Waals surface area contributed by atoms with Crippen molar-refractivity contribution in [2.75, 3.05) is 13.2 Å². The number of ether oxygens (including phenoxy) is 1. The monoisotopic (exact) mass is 1520 g/mol. The Bertz CT molecular complexity index is 3560. The molecule has 0 amide bonds. The minimum atomic E-state index is -6.13. The minimum Gasteiger partial charge on any atom is -0.381 e. The van der Waals surface area contributed by atoms with Gasteiger partial charge in [0, 0.05) is 43.0 Å². The number of rotatable bonds is 12. The molecule has 1 aliphatic rings. The Kier molecular flexibility index (Phi) is 28.0. The molecule has 1 aliphatic heterocycles. The Hall–Kier alpha value is -8.16. The van der Waals surface area contributed by atoms with Crippen LogP contribution in [0.15, 0.2) is 168 Å². The normalized spacial score (nSPS) is 13.6. The maximum Gasteiger partial charge on any atom is 0.416 e. The van der Waals surface area contributed by atoms with Crippen LogP contribution in [0.5, 0.6) is 0 Å². The van der Waals surface area contributed by atoms with E-state index in [1.54, 1.807) is 12.4 Å². The van der Waals surface area contributed by atoms with Crippen LogP contribution in [0.1, 0.15) is 170 Å². The summed E-state index contributed by atoms with van der Waals surface area (Å²) in [6.07, 6.45) is -45.0. The maximum absolute atomic E-state index is 14.2. The van der Waals surface area contributed by atoms with Gasteiger partial charge in [-0.05, 0) is 107 Å². The first-order chi connectivity index (χ1) is 46.9. The van der Waals surface area contributed by atoms with Crippen LogP contribution in [0.2, 0.25) is 0 Å². The molecule has 1 fully saturated rings. The Labute approximate surface area is 587 Å². The molecule has 1 saturated heterocycles. The average Bonchev–Trinajstić information content (AvgIpc) is 1.08. The summed E-state index contributed by atoms with van der Waals surface area (Å²) in [4.78, 5) is 18.0. The fourth-order valence-corrected chi connectivity index (χ4v) is 11.1. The van der Waals surface area contributed by atoms with Crippen molar-refractivity contribution in [1.29, 1.82) is 0 Å². The van der Waals surface area contributed by atoms with Crippen molar-refractivity contribution < 1.29 is 127 Å². The summed E-state index contributed by atoms with van der Waals surface area (Å²) < 4.78 is 346. The van der Waals surface area contributed by atoms with E-state index in [1.165, 1.54) is 35.1 Å². The molecule has 8 aromatic rings. The van der Waals surface area contributed by atoms with Crippen LogP contribution in [-0.2, 0) is 71.5 Å². The predicted octanol–water partition coefficient (Wildman–Crippen LogP) is 22.2. The number of hydrogen-bond acceptors (Lipinski definition) is 5. The predicted molar refractivity (Wildman–Crippen MR) is 342 cm³/mol. The van der Waals surface area contributed by atoms with Gasteiger partial charge in [-0.25, -0.2) is 0 Å². The Balaban J connectivity index is 0.000000332. The van der Waals surface area contributed by atoms with Crippen LogP contribution in [0.3, 0.4) is 0 Å². The SMILES string of the molecule is C1CCOC1.CC(C)c1cccc(C(C)C)c1N=Cc1ccccn1.CC(C)c1cccc(C(C)C)c1N=Cc1ccccn1.FC(F)(F)c1cc([B-](c2cc(C(F)(F)F)cc(C(F)(F)F)c2)(c2cc(C(F)(F)F)cc(C(F)(F)F)c2)c2cc(C(F)(F)F)cc(C(F)(F)F)c2)cc(C(F)(F)F)c1.[Cr]. The summed E-state index contributed by atoms with van der Waals surface area (Å²) in [5, 5.41) is 0. The molecule has 556 valence electrons. The number of benzene rings is 6. The van der Waals surface area contributed by atoms with Crippen molar-refractivity contribution in [1.82, 2.24) is 9.97 Å². The summed E-state index contributed by atoms with van der Waals surface area (Å²) in [6, 6.07) is 15.8. The van der Waals surface area contributed by atoms with Crippen LogP contribution < -0.4 is 21.9 Å². The van der Waals surface area contributed by atoms with Crippen LogP contribution in [0.4, 0.5) is 117 Å². The van der Waals surface area contributed by atoms with E-state index in [0.717, 1.165) is 36.0 Å². The largest absolute Gasteiger partial charge is 0.416 e. The zero-order valence-corrected chi connectivity index (χ0v) is 56.8. The fraction of sp³-hybridized carbons (Fsp3) is 0.333. The molecule has 0 saturated carbocycles. The topological polar surface area (TPSA) is 59.7 Å². The van der Waals surface area contributed by atoms with Gasteiger partial charge in [0.25, 0.3) is 0 Å². The van der Waals surface area contributed by atoms with E-state index in [4.69, 9.17) is 14.7 Å². The van der Waals surface area contributed by atoms with E-state index in [1.807, 2.05) is 48.8 Å². The number of pyridine rings is 2. The second-order valence-corrected chi connectivity index (χ2v) is 24.8. The van der Waals surface area contributed by atoms with Crippen LogP contribution in [-0.4, -0.2) is 41.8 Å². The smallest absolute Gasteiger partial charge is 0.381 e. The first-order valence-corrected chi connectivity index (χ1v) is 31.0. The number of aromatic nitrogens is 2. The van der Waals surface area contributed by atoms with E-state index < -0.39 is 195 Å². The summed E-state index contributed by atoms with van der Waals surface area (Å²) in [5.74, 6) is 1.85. The number of halogens is 24. The van der Waals surface area contributed by atoms with Crippen molar-refractivity contribution >= 4 is 51.8 Å². The molecule has 6 aromatic carbocycles. The van der Waals surface area contributed by atoms with Crippen molar-refractivity contribution in [3.63, 3.8) is 0 Å². The standard InChI is InChI=1S/C32H12BF24.2C18H22N2.C4H8O.Cr/c34-25(35,36)13-1-14(26(37,38)39)6-21(5-13)33(22-7-15(27(40,41)42)2-16(8-22)28(43,44)45,23-9-17(29(46,47)48)3-18(10-23)30(49,50)51)24-11-19(31(52,53)54)4-20(12-24)32(55,56)57;2*1-13(2)16-9-7-10-17(14(3)4)18(16)20-12-15-8-5-6-11-19-15;1-2-4-5-3-1;/h1-12H;2*5-14H,1-4H3;1-4H2;/q-1;;;;. The molecule has 0 radical (unpaired) electrons. The number of alkyl halides is 24. The summed E-state index contributed by atoms with van der Waals surface area (Å²) in [7, 11) is 0. The maximum atomic E-state index is 14.2. The third kappa shape index (κ3) is 22.7. The van der Waals surface area contributed by atoms with E-state index in [-0.39, 0.29) is 17.4 Å². The number of aliphatic imine (C=N–C) groups is 2. The average molecular weight is 1520 g/mol. The molecule has 0 N–H and O–H groups in total. The molecule has 9 rings (SSSR count). The van der Waals surface area contributed by atoms with Crippen LogP contribution in [0, 0.1) is 0 Å². The van der Waals surface area contributed by atoms with Crippen molar-refractivity contribution in [3.8, 4) is 0 Å². The summed E-state index contributed by atoms with van der Waals surface area (Å²) in [6.45, 7) is 19.7. The molecule has 0 bridgehead atoms. The zero-order chi connectivity index (χ0) is 76.5. The first kappa shape index (κ1) is 85.5. The Morgan fingerprint density at radius 3 is 0.689 bits per heavy atom. The molecule has 0 spiro atoms. The van der Waals surface area contributed by atoms with Gasteiger partial charge in [0.05, 0.1) is 79.7 Å². The van der Waals surface area contributed by atoms with Gasteiger partial charge in [0.2, 0.25) is 0 Å². The second kappa shape index (κ2) is 33.7.